The maximum Gasteiger partial charge on any atom is 0.416 e. The van der Waals surface area contributed by atoms with Crippen LogP contribution in [-0.2, 0) is 6.18 Å². The first-order valence-corrected chi connectivity index (χ1v) is 5.55. The summed E-state index contributed by atoms with van der Waals surface area (Å²) in [6, 6.07) is 9.63. The molecule has 20 heavy (non-hydrogen) atoms. The highest BCUT2D eigenvalue weighted by atomic mass is 19.4. The zero-order chi connectivity index (χ0) is 14.6. The minimum absolute atomic E-state index is 0.301. The van der Waals surface area contributed by atoms with Gasteiger partial charge in [-0.2, -0.15) is 18.4 Å². The van der Waals surface area contributed by atoms with Gasteiger partial charge in [-0.05, 0) is 42.3 Å². The third kappa shape index (κ3) is 3.15. The molecule has 0 fully saturated rings. The Labute approximate surface area is 113 Å². The van der Waals surface area contributed by atoms with Crippen molar-refractivity contribution in [1.82, 2.24) is 4.98 Å². The maximum absolute atomic E-state index is 12.4. The predicted octanol–water partition coefficient (Wildman–Crippen LogP) is 3.37. The molecule has 0 saturated heterocycles. The molecule has 98 valence electrons. The van der Waals surface area contributed by atoms with E-state index in [4.69, 9.17) is 5.26 Å². The number of rotatable bonds is 0. The fraction of sp³-hybridized carbons (Fsp3) is 0.0667. The van der Waals surface area contributed by atoms with Gasteiger partial charge in [0.2, 0.25) is 0 Å². The number of alkyl halides is 3. The van der Waals surface area contributed by atoms with Crippen molar-refractivity contribution in [3.63, 3.8) is 0 Å². The van der Waals surface area contributed by atoms with Gasteiger partial charge in [-0.15, -0.1) is 0 Å². The van der Waals surface area contributed by atoms with E-state index in [1.165, 1.54) is 18.3 Å². The highest BCUT2D eigenvalue weighted by Gasteiger charge is 2.29. The lowest BCUT2D eigenvalue weighted by Gasteiger charge is -2.05. The van der Waals surface area contributed by atoms with E-state index < -0.39 is 11.7 Å². The summed E-state index contributed by atoms with van der Waals surface area (Å²) in [6.45, 7) is 0. The summed E-state index contributed by atoms with van der Waals surface area (Å²) in [5, 5.41) is 8.86. The van der Waals surface area contributed by atoms with E-state index in [0.29, 0.717) is 16.8 Å². The SMILES string of the molecule is N#Cc1cccnc1C#Cc1ccc(C(F)(F)F)cc1. The number of nitrogens with zero attached hydrogens (tertiary/aromatic N) is 2. The summed E-state index contributed by atoms with van der Waals surface area (Å²) in [6.07, 6.45) is -2.86. The molecule has 2 aromatic rings. The van der Waals surface area contributed by atoms with Crippen molar-refractivity contribution in [3.8, 4) is 17.9 Å². The summed E-state index contributed by atoms with van der Waals surface area (Å²) >= 11 is 0. The standard InChI is InChI=1S/C15H7F3N2/c16-15(17,18)13-6-3-11(4-7-13)5-8-14-12(10-19)2-1-9-20-14/h1-4,6-7,9H. The topological polar surface area (TPSA) is 36.7 Å². The first kappa shape index (κ1) is 13.6. The summed E-state index contributed by atoms with van der Waals surface area (Å²) in [5.74, 6) is 5.36. The molecule has 1 heterocycles. The van der Waals surface area contributed by atoms with Crippen molar-refractivity contribution in [2.45, 2.75) is 6.18 Å². The van der Waals surface area contributed by atoms with E-state index in [1.807, 2.05) is 6.07 Å². The van der Waals surface area contributed by atoms with Crippen LogP contribution in [0.5, 0.6) is 0 Å². The summed E-state index contributed by atoms with van der Waals surface area (Å²) < 4.78 is 37.2. The molecule has 0 N–H and O–H groups in total. The fourth-order valence-corrected chi connectivity index (χ4v) is 1.47. The number of benzene rings is 1. The van der Waals surface area contributed by atoms with Gasteiger partial charge in [0.15, 0.2) is 0 Å². The summed E-state index contributed by atoms with van der Waals surface area (Å²) in [5.41, 5.74) is 0.327. The van der Waals surface area contributed by atoms with Crippen LogP contribution < -0.4 is 0 Å². The lowest BCUT2D eigenvalue weighted by molar-refractivity contribution is -0.137. The Morgan fingerprint density at radius 1 is 1.00 bits per heavy atom. The van der Waals surface area contributed by atoms with Gasteiger partial charge < -0.3 is 0 Å². The molecule has 2 nitrogen and oxygen atoms in total. The lowest BCUT2D eigenvalue weighted by atomic mass is 10.1. The molecule has 1 aromatic heterocycles. The Morgan fingerprint density at radius 3 is 2.30 bits per heavy atom. The highest BCUT2D eigenvalue weighted by molar-refractivity contribution is 5.47. The lowest BCUT2D eigenvalue weighted by Crippen LogP contribution is -2.04. The van der Waals surface area contributed by atoms with Gasteiger partial charge in [0, 0.05) is 11.8 Å². The number of aromatic nitrogens is 1. The van der Waals surface area contributed by atoms with Crippen LogP contribution in [0.3, 0.4) is 0 Å². The van der Waals surface area contributed by atoms with Crippen LogP contribution in [0.15, 0.2) is 42.6 Å². The van der Waals surface area contributed by atoms with E-state index in [9.17, 15) is 13.2 Å². The molecule has 0 radical (unpaired) electrons. The molecule has 0 amide bonds. The number of hydrogen-bond acceptors (Lipinski definition) is 2. The summed E-state index contributed by atoms with van der Waals surface area (Å²) in [7, 11) is 0. The summed E-state index contributed by atoms with van der Waals surface area (Å²) in [4.78, 5) is 3.95. The third-order valence-electron chi connectivity index (χ3n) is 2.47. The predicted molar refractivity (Wildman–Crippen MR) is 66.4 cm³/mol. The van der Waals surface area contributed by atoms with Crippen molar-refractivity contribution < 1.29 is 13.2 Å². The quantitative estimate of drug-likeness (QED) is 0.689. The van der Waals surface area contributed by atoms with Gasteiger partial charge in [0.05, 0.1) is 11.1 Å². The van der Waals surface area contributed by atoms with Crippen molar-refractivity contribution in [3.05, 3.63) is 65.0 Å². The first-order chi connectivity index (χ1) is 9.50. The second kappa shape index (κ2) is 5.46. The molecule has 0 aliphatic carbocycles. The molecule has 2 rings (SSSR count). The van der Waals surface area contributed by atoms with E-state index in [0.717, 1.165) is 12.1 Å². The second-order valence-electron chi connectivity index (χ2n) is 3.84. The van der Waals surface area contributed by atoms with Crippen molar-refractivity contribution in [2.24, 2.45) is 0 Å². The zero-order valence-corrected chi connectivity index (χ0v) is 10.1. The van der Waals surface area contributed by atoms with Gasteiger partial charge >= 0.3 is 6.18 Å². The van der Waals surface area contributed by atoms with Crippen molar-refractivity contribution in [2.75, 3.05) is 0 Å². The second-order valence-corrected chi connectivity index (χ2v) is 3.84. The average Bonchev–Trinajstić information content (AvgIpc) is 2.45. The van der Waals surface area contributed by atoms with Crippen LogP contribution in [0.4, 0.5) is 13.2 Å². The molecule has 0 aliphatic heterocycles. The van der Waals surface area contributed by atoms with Gasteiger partial charge in [-0.1, -0.05) is 5.92 Å². The van der Waals surface area contributed by atoms with Crippen LogP contribution in [-0.4, -0.2) is 4.98 Å². The zero-order valence-electron chi connectivity index (χ0n) is 10.1. The van der Waals surface area contributed by atoms with Gasteiger partial charge in [-0.3, -0.25) is 0 Å². The molecular weight excluding hydrogens is 265 g/mol. The Bertz CT molecular complexity index is 714. The van der Waals surface area contributed by atoms with Crippen LogP contribution in [0, 0.1) is 23.2 Å². The van der Waals surface area contributed by atoms with E-state index in [-0.39, 0.29) is 0 Å². The Morgan fingerprint density at radius 2 is 1.70 bits per heavy atom. The monoisotopic (exact) mass is 272 g/mol. The maximum atomic E-state index is 12.4. The van der Waals surface area contributed by atoms with E-state index >= 15 is 0 Å². The number of hydrogen-bond donors (Lipinski definition) is 0. The largest absolute Gasteiger partial charge is 0.416 e. The highest BCUT2D eigenvalue weighted by Crippen LogP contribution is 2.28. The van der Waals surface area contributed by atoms with Crippen LogP contribution >= 0.6 is 0 Å². The minimum atomic E-state index is -4.36. The Hall–Kier alpha value is -2.79. The molecule has 0 unspecified atom stereocenters. The molecule has 1 aromatic carbocycles. The van der Waals surface area contributed by atoms with E-state index in [1.54, 1.807) is 12.1 Å². The van der Waals surface area contributed by atoms with Crippen LogP contribution in [0.2, 0.25) is 0 Å². The fourth-order valence-electron chi connectivity index (χ4n) is 1.47. The van der Waals surface area contributed by atoms with Crippen molar-refractivity contribution >= 4 is 0 Å². The van der Waals surface area contributed by atoms with Crippen LogP contribution in [0.1, 0.15) is 22.4 Å². The number of nitriles is 1. The smallest absolute Gasteiger partial charge is 0.246 e. The Balaban J connectivity index is 2.28. The average molecular weight is 272 g/mol. The Kier molecular flexibility index (Phi) is 3.72. The van der Waals surface area contributed by atoms with Gasteiger partial charge in [0.25, 0.3) is 0 Å². The number of pyridine rings is 1. The van der Waals surface area contributed by atoms with Crippen molar-refractivity contribution in [1.29, 1.82) is 5.26 Å². The first-order valence-electron chi connectivity index (χ1n) is 5.55. The molecular formula is C15H7F3N2. The molecule has 0 bridgehead atoms. The molecule has 5 heteroatoms. The minimum Gasteiger partial charge on any atom is -0.246 e. The van der Waals surface area contributed by atoms with E-state index in [2.05, 4.69) is 16.8 Å². The molecule has 0 aliphatic rings. The molecule has 0 saturated carbocycles. The molecule has 0 atom stereocenters. The third-order valence-corrected chi connectivity index (χ3v) is 2.47. The van der Waals surface area contributed by atoms with Gasteiger partial charge in [0.1, 0.15) is 11.8 Å². The molecule has 0 spiro atoms. The van der Waals surface area contributed by atoms with Crippen LogP contribution in [0.25, 0.3) is 0 Å². The normalized spacial score (nSPS) is 10.3. The van der Waals surface area contributed by atoms with Gasteiger partial charge in [-0.25, -0.2) is 4.98 Å². The number of halogens is 3.